The highest BCUT2D eigenvalue weighted by Crippen LogP contribution is 2.42. The van der Waals surface area contributed by atoms with Crippen LogP contribution < -0.4 is 14.9 Å². The molecule has 0 aliphatic carbocycles. The fourth-order valence-corrected chi connectivity index (χ4v) is 4.90. The summed E-state index contributed by atoms with van der Waals surface area (Å²) in [6.45, 7) is 5.28. The number of unbranched alkanes of at least 4 members (excludes halogenated alkanes) is 2. The van der Waals surface area contributed by atoms with Crippen molar-refractivity contribution in [1.82, 2.24) is 4.90 Å². The maximum absolute atomic E-state index is 14.1. The second-order valence-corrected chi connectivity index (χ2v) is 9.33. The first kappa shape index (κ1) is 25.5. The highest BCUT2D eigenvalue weighted by molar-refractivity contribution is 5.99. The van der Waals surface area contributed by atoms with Crippen molar-refractivity contribution in [3.8, 4) is 11.5 Å². The van der Waals surface area contributed by atoms with Crippen LogP contribution in [0.5, 0.6) is 11.5 Å². The Hall–Kier alpha value is -4.13. The van der Waals surface area contributed by atoms with E-state index in [1.165, 1.54) is 12.1 Å². The minimum absolute atomic E-state index is 0.0205. The fourth-order valence-electron chi connectivity index (χ4n) is 4.90. The van der Waals surface area contributed by atoms with E-state index in [1.54, 1.807) is 4.90 Å². The van der Waals surface area contributed by atoms with Crippen molar-refractivity contribution < 1.29 is 23.1 Å². The molecule has 0 spiro atoms. The summed E-state index contributed by atoms with van der Waals surface area (Å²) < 4.78 is 31.9. The fraction of sp³-hybridized carbons (Fsp3) is 0.290. The molecule has 6 nitrogen and oxygen atoms in total. The topological polar surface area (TPSA) is 69.0 Å². The summed E-state index contributed by atoms with van der Waals surface area (Å²) in [4.78, 5) is 29.0. The average Bonchev–Trinajstić information content (AvgIpc) is 3.20. The van der Waals surface area contributed by atoms with Gasteiger partial charge in [-0.3, -0.25) is 9.59 Å². The Morgan fingerprint density at radius 3 is 2.50 bits per heavy atom. The molecule has 7 heteroatoms. The summed E-state index contributed by atoms with van der Waals surface area (Å²) in [6, 6.07) is 18.0. The van der Waals surface area contributed by atoms with Gasteiger partial charge in [-0.05, 0) is 54.8 Å². The van der Waals surface area contributed by atoms with E-state index < -0.39 is 23.2 Å². The van der Waals surface area contributed by atoms with E-state index in [2.05, 4.69) is 6.92 Å². The Morgan fingerprint density at radius 2 is 1.74 bits per heavy atom. The number of nitrogens with zero attached hydrogens (tertiary/aromatic N) is 1. The molecule has 0 radical (unpaired) electrons. The van der Waals surface area contributed by atoms with E-state index in [1.807, 2.05) is 55.5 Å². The molecule has 0 fully saturated rings. The van der Waals surface area contributed by atoms with Gasteiger partial charge in [0.1, 0.15) is 11.4 Å². The van der Waals surface area contributed by atoms with E-state index in [9.17, 15) is 14.0 Å². The first-order valence-corrected chi connectivity index (χ1v) is 13.0. The van der Waals surface area contributed by atoms with Crippen LogP contribution in [0.15, 0.2) is 75.9 Å². The van der Waals surface area contributed by atoms with Crippen LogP contribution in [0.25, 0.3) is 11.0 Å². The zero-order valence-corrected chi connectivity index (χ0v) is 21.5. The van der Waals surface area contributed by atoms with Crippen molar-refractivity contribution in [2.75, 3.05) is 13.2 Å². The largest absolute Gasteiger partial charge is 0.490 e. The molecule has 0 saturated carbocycles. The molecule has 1 aliphatic heterocycles. The summed E-state index contributed by atoms with van der Waals surface area (Å²) >= 11 is 0. The van der Waals surface area contributed by atoms with Crippen LogP contribution in [-0.4, -0.2) is 24.0 Å². The van der Waals surface area contributed by atoms with Crippen LogP contribution in [-0.2, 0) is 6.54 Å². The van der Waals surface area contributed by atoms with Crippen LogP contribution in [0.3, 0.4) is 0 Å². The molecule has 2 heterocycles. The van der Waals surface area contributed by atoms with Crippen molar-refractivity contribution in [1.29, 1.82) is 0 Å². The molecule has 196 valence electrons. The minimum Gasteiger partial charge on any atom is -0.490 e. The molecule has 3 aromatic carbocycles. The van der Waals surface area contributed by atoms with Crippen molar-refractivity contribution in [3.63, 3.8) is 0 Å². The number of rotatable bonds is 10. The van der Waals surface area contributed by atoms with Crippen molar-refractivity contribution in [3.05, 3.63) is 105 Å². The molecule has 1 aromatic heterocycles. The summed E-state index contributed by atoms with van der Waals surface area (Å²) in [7, 11) is 0. The number of benzene rings is 3. The Kier molecular flexibility index (Phi) is 7.45. The summed E-state index contributed by atoms with van der Waals surface area (Å²) in [5, 5.41) is 0.101. The number of fused-ring (bicyclic) bond motifs is 2. The van der Waals surface area contributed by atoms with E-state index in [0.717, 1.165) is 30.9 Å². The van der Waals surface area contributed by atoms with Crippen molar-refractivity contribution in [2.24, 2.45) is 0 Å². The molecule has 1 aliphatic rings. The lowest BCUT2D eigenvalue weighted by Crippen LogP contribution is -2.29. The monoisotopic (exact) mass is 515 g/mol. The number of halogens is 1. The van der Waals surface area contributed by atoms with Crippen LogP contribution in [0.4, 0.5) is 4.39 Å². The maximum atomic E-state index is 14.1. The molecule has 1 atom stereocenters. The summed E-state index contributed by atoms with van der Waals surface area (Å²) in [5.74, 6) is 0.189. The average molecular weight is 516 g/mol. The van der Waals surface area contributed by atoms with Gasteiger partial charge in [0.05, 0.1) is 30.2 Å². The second-order valence-electron chi connectivity index (χ2n) is 9.33. The Bertz CT molecular complexity index is 1510. The van der Waals surface area contributed by atoms with Gasteiger partial charge >= 0.3 is 0 Å². The lowest BCUT2D eigenvalue weighted by molar-refractivity contribution is 0.0714. The molecule has 0 saturated heterocycles. The van der Waals surface area contributed by atoms with Gasteiger partial charge in [-0.15, -0.1) is 0 Å². The number of hydrogen-bond donors (Lipinski definition) is 0. The SMILES string of the molecule is CCCCCOc1ccc(C2c3c(oc4ccc(F)cc4c3=O)C(=O)N2Cc2ccccc2)cc1OCC. The Morgan fingerprint density at radius 1 is 0.921 bits per heavy atom. The smallest absolute Gasteiger partial charge is 0.291 e. The normalized spacial score (nSPS) is 14.7. The highest BCUT2D eigenvalue weighted by Gasteiger charge is 2.43. The summed E-state index contributed by atoms with van der Waals surface area (Å²) in [6.07, 6.45) is 3.10. The molecule has 0 bridgehead atoms. The minimum atomic E-state index is -0.741. The first-order chi connectivity index (χ1) is 18.5. The first-order valence-electron chi connectivity index (χ1n) is 13.0. The van der Waals surface area contributed by atoms with Crippen LogP contribution in [0, 0.1) is 5.82 Å². The molecule has 1 amide bonds. The van der Waals surface area contributed by atoms with Gasteiger partial charge in [-0.1, -0.05) is 56.2 Å². The van der Waals surface area contributed by atoms with Gasteiger partial charge in [0, 0.05) is 6.54 Å². The van der Waals surface area contributed by atoms with E-state index in [-0.39, 0.29) is 28.8 Å². The third-order valence-electron chi connectivity index (χ3n) is 6.71. The van der Waals surface area contributed by atoms with Gasteiger partial charge in [-0.25, -0.2) is 4.39 Å². The number of carbonyl (C=O) groups excluding carboxylic acids is 1. The standard InChI is InChI=1S/C31H30FNO5/c1-3-5-9-16-37-25-14-12-21(17-26(25)36-4-2)28-27-29(34)23-18-22(32)13-15-24(23)38-30(27)31(35)33(28)19-20-10-7-6-8-11-20/h6-8,10-15,17-18,28H,3-5,9,16,19H2,1-2H3. The third-order valence-corrected chi connectivity index (χ3v) is 6.71. The molecule has 38 heavy (non-hydrogen) atoms. The number of hydrogen-bond acceptors (Lipinski definition) is 5. The number of ether oxygens (including phenoxy) is 2. The summed E-state index contributed by atoms with van der Waals surface area (Å²) in [5.41, 5.74) is 1.54. The van der Waals surface area contributed by atoms with E-state index in [4.69, 9.17) is 13.9 Å². The van der Waals surface area contributed by atoms with Gasteiger partial charge < -0.3 is 18.8 Å². The van der Waals surface area contributed by atoms with E-state index >= 15 is 0 Å². The van der Waals surface area contributed by atoms with Crippen LogP contribution in [0.1, 0.15) is 66.4 Å². The van der Waals surface area contributed by atoms with Crippen LogP contribution >= 0.6 is 0 Å². The molecule has 5 rings (SSSR count). The van der Waals surface area contributed by atoms with Crippen LogP contribution in [0.2, 0.25) is 0 Å². The lowest BCUT2D eigenvalue weighted by atomic mass is 9.97. The van der Waals surface area contributed by atoms with Gasteiger partial charge in [0.2, 0.25) is 5.76 Å². The maximum Gasteiger partial charge on any atom is 0.291 e. The molecule has 4 aromatic rings. The highest BCUT2D eigenvalue weighted by atomic mass is 19.1. The van der Waals surface area contributed by atoms with E-state index in [0.29, 0.717) is 30.3 Å². The second kappa shape index (κ2) is 11.1. The van der Waals surface area contributed by atoms with Gasteiger partial charge in [0.15, 0.2) is 16.9 Å². The third kappa shape index (κ3) is 4.88. The predicted molar refractivity (Wildman–Crippen MR) is 143 cm³/mol. The zero-order valence-electron chi connectivity index (χ0n) is 21.5. The molecular formula is C31H30FNO5. The van der Waals surface area contributed by atoms with Gasteiger partial charge in [0.25, 0.3) is 5.91 Å². The quantitative estimate of drug-likeness (QED) is 0.221. The van der Waals surface area contributed by atoms with Crippen molar-refractivity contribution in [2.45, 2.75) is 45.7 Å². The lowest BCUT2D eigenvalue weighted by Gasteiger charge is -2.26. The Labute approximate surface area is 220 Å². The number of carbonyl (C=O) groups is 1. The predicted octanol–water partition coefficient (Wildman–Crippen LogP) is 6.65. The Balaban J connectivity index is 1.63. The zero-order chi connectivity index (χ0) is 26.6. The van der Waals surface area contributed by atoms with Crippen molar-refractivity contribution >= 4 is 16.9 Å². The molecule has 0 N–H and O–H groups in total. The molecule has 1 unspecified atom stereocenters. The molecular weight excluding hydrogens is 485 g/mol. The number of amides is 1. The van der Waals surface area contributed by atoms with Gasteiger partial charge in [-0.2, -0.15) is 0 Å².